The summed E-state index contributed by atoms with van der Waals surface area (Å²) in [5.74, 6) is 0. The molecule has 1 aromatic heterocycles. The second-order valence-electron chi connectivity index (χ2n) is 2.25. The zero-order valence-electron chi connectivity index (χ0n) is 6.32. The first-order valence-electron chi connectivity index (χ1n) is 3.18. The summed E-state index contributed by atoms with van der Waals surface area (Å²) >= 11 is 0. The van der Waals surface area contributed by atoms with Crippen molar-refractivity contribution in [1.29, 1.82) is 0 Å². The van der Waals surface area contributed by atoms with Gasteiger partial charge in [-0.1, -0.05) is 0 Å². The molecule has 0 saturated carbocycles. The fraction of sp³-hybridized carbons (Fsp3) is 0.333. The first kappa shape index (κ1) is 10.7. The van der Waals surface area contributed by atoms with E-state index in [9.17, 15) is 26.3 Å². The Bertz CT molecular complexity index is 295. The van der Waals surface area contributed by atoms with Crippen molar-refractivity contribution in [2.24, 2.45) is 0 Å². The molecular formula is C6H2F6N2. The SMILES string of the molecule is FC(F)(F)c1nccnc1C(F)(F)F. The predicted octanol–water partition coefficient (Wildman–Crippen LogP) is 2.51. The highest BCUT2D eigenvalue weighted by molar-refractivity contribution is 5.17. The third-order valence-corrected chi connectivity index (χ3v) is 1.24. The molecule has 78 valence electrons. The van der Waals surface area contributed by atoms with Crippen LogP contribution in [0, 0.1) is 0 Å². The molecule has 14 heavy (non-hydrogen) atoms. The fourth-order valence-electron chi connectivity index (χ4n) is 0.753. The van der Waals surface area contributed by atoms with Gasteiger partial charge in [-0.2, -0.15) is 26.3 Å². The van der Waals surface area contributed by atoms with Crippen LogP contribution in [0.4, 0.5) is 26.3 Å². The monoisotopic (exact) mass is 216 g/mol. The van der Waals surface area contributed by atoms with Crippen LogP contribution in [-0.4, -0.2) is 9.97 Å². The van der Waals surface area contributed by atoms with E-state index in [2.05, 4.69) is 9.97 Å². The zero-order valence-corrected chi connectivity index (χ0v) is 6.32. The van der Waals surface area contributed by atoms with Crippen molar-refractivity contribution in [3.05, 3.63) is 23.8 Å². The van der Waals surface area contributed by atoms with Crippen molar-refractivity contribution >= 4 is 0 Å². The average molecular weight is 216 g/mol. The molecule has 0 aliphatic rings. The van der Waals surface area contributed by atoms with E-state index in [1.54, 1.807) is 0 Å². The average Bonchev–Trinajstić information content (AvgIpc) is 2.01. The van der Waals surface area contributed by atoms with E-state index in [-0.39, 0.29) is 0 Å². The summed E-state index contributed by atoms with van der Waals surface area (Å²) in [5, 5.41) is 0. The first-order valence-corrected chi connectivity index (χ1v) is 3.18. The molecule has 1 heterocycles. The van der Waals surface area contributed by atoms with E-state index in [0.29, 0.717) is 12.4 Å². The fourth-order valence-corrected chi connectivity index (χ4v) is 0.753. The summed E-state index contributed by atoms with van der Waals surface area (Å²) in [6.45, 7) is 0. The van der Waals surface area contributed by atoms with Crippen molar-refractivity contribution in [3.8, 4) is 0 Å². The smallest absolute Gasteiger partial charge is 0.248 e. The maximum Gasteiger partial charge on any atom is 0.435 e. The van der Waals surface area contributed by atoms with E-state index >= 15 is 0 Å². The molecule has 2 nitrogen and oxygen atoms in total. The van der Waals surface area contributed by atoms with Gasteiger partial charge in [0, 0.05) is 12.4 Å². The lowest BCUT2D eigenvalue weighted by atomic mass is 10.3. The van der Waals surface area contributed by atoms with E-state index < -0.39 is 23.7 Å². The predicted molar refractivity (Wildman–Crippen MR) is 32.0 cm³/mol. The number of hydrogen-bond acceptors (Lipinski definition) is 2. The van der Waals surface area contributed by atoms with Crippen molar-refractivity contribution in [1.82, 2.24) is 9.97 Å². The van der Waals surface area contributed by atoms with Gasteiger partial charge in [0.25, 0.3) is 0 Å². The van der Waals surface area contributed by atoms with Gasteiger partial charge in [-0.25, -0.2) is 9.97 Å². The summed E-state index contributed by atoms with van der Waals surface area (Å²) in [6.07, 6.45) is -9.20. The lowest BCUT2D eigenvalue weighted by Gasteiger charge is -2.11. The molecule has 0 radical (unpaired) electrons. The molecule has 0 unspecified atom stereocenters. The molecule has 0 bridgehead atoms. The Balaban J connectivity index is 3.31. The summed E-state index contributed by atoms with van der Waals surface area (Å²) in [4.78, 5) is 5.22. The Morgan fingerprint density at radius 3 is 1.21 bits per heavy atom. The van der Waals surface area contributed by atoms with Crippen LogP contribution < -0.4 is 0 Å². The van der Waals surface area contributed by atoms with Crippen molar-refractivity contribution < 1.29 is 26.3 Å². The molecule has 8 heteroatoms. The highest BCUT2D eigenvalue weighted by Crippen LogP contribution is 2.37. The van der Waals surface area contributed by atoms with Gasteiger partial charge in [0.2, 0.25) is 0 Å². The molecule has 0 fully saturated rings. The van der Waals surface area contributed by atoms with Gasteiger partial charge in [-0.15, -0.1) is 0 Å². The molecule has 0 spiro atoms. The van der Waals surface area contributed by atoms with Gasteiger partial charge in [-0.3, -0.25) is 0 Å². The summed E-state index contributed by atoms with van der Waals surface area (Å²) in [7, 11) is 0. The number of aromatic nitrogens is 2. The van der Waals surface area contributed by atoms with Gasteiger partial charge in [-0.05, 0) is 0 Å². The van der Waals surface area contributed by atoms with Crippen LogP contribution in [0.15, 0.2) is 12.4 Å². The lowest BCUT2D eigenvalue weighted by molar-refractivity contribution is -0.167. The van der Waals surface area contributed by atoms with E-state index in [4.69, 9.17) is 0 Å². The molecule has 1 rings (SSSR count). The quantitative estimate of drug-likeness (QED) is 0.622. The Kier molecular flexibility index (Phi) is 2.38. The highest BCUT2D eigenvalue weighted by Gasteiger charge is 2.45. The van der Waals surface area contributed by atoms with Gasteiger partial charge >= 0.3 is 12.4 Å². The summed E-state index contributed by atoms with van der Waals surface area (Å²) in [5.41, 5.74) is -4.04. The van der Waals surface area contributed by atoms with Crippen LogP contribution >= 0.6 is 0 Å². The number of nitrogens with zero attached hydrogens (tertiary/aromatic N) is 2. The normalized spacial score (nSPS) is 13.0. The highest BCUT2D eigenvalue weighted by atomic mass is 19.4. The molecular weight excluding hydrogens is 214 g/mol. The molecule has 0 aliphatic heterocycles. The first-order chi connectivity index (χ1) is 6.23. The Labute approximate surface area is 73.6 Å². The lowest BCUT2D eigenvalue weighted by Crippen LogP contribution is -2.19. The number of halogens is 6. The minimum Gasteiger partial charge on any atom is -0.248 e. The molecule has 0 N–H and O–H groups in total. The molecule has 0 aromatic carbocycles. The van der Waals surface area contributed by atoms with Crippen LogP contribution in [0.3, 0.4) is 0 Å². The van der Waals surface area contributed by atoms with E-state index in [0.717, 1.165) is 0 Å². The van der Waals surface area contributed by atoms with E-state index in [1.165, 1.54) is 0 Å². The van der Waals surface area contributed by atoms with Crippen LogP contribution in [0.5, 0.6) is 0 Å². The molecule has 0 atom stereocenters. The second-order valence-corrected chi connectivity index (χ2v) is 2.25. The van der Waals surface area contributed by atoms with Gasteiger partial charge in [0.05, 0.1) is 0 Å². The number of rotatable bonds is 0. The Morgan fingerprint density at radius 1 is 0.714 bits per heavy atom. The maximum absolute atomic E-state index is 12.0. The Morgan fingerprint density at radius 2 is 1.00 bits per heavy atom. The second kappa shape index (κ2) is 3.10. The third-order valence-electron chi connectivity index (χ3n) is 1.24. The van der Waals surface area contributed by atoms with Crippen molar-refractivity contribution in [2.75, 3.05) is 0 Å². The molecule has 0 aliphatic carbocycles. The number of alkyl halides is 6. The van der Waals surface area contributed by atoms with Crippen LogP contribution in [0.25, 0.3) is 0 Å². The minimum absolute atomic E-state index is 0.554. The van der Waals surface area contributed by atoms with Crippen LogP contribution in [0.1, 0.15) is 11.4 Å². The topological polar surface area (TPSA) is 25.8 Å². The van der Waals surface area contributed by atoms with Crippen molar-refractivity contribution in [3.63, 3.8) is 0 Å². The molecule has 0 saturated heterocycles. The zero-order chi connectivity index (χ0) is 11.0. The molecule has 0 amide bonds. The van der Waals surface area contributed by atoms with Crippen LogP contribution in [0.2, 0.25) is 0 Å². The van der Waals surface area contributed by atoms with Gasteiger partial charge < -0.3 is 0 Å². The largest absolute Gasteiger partial charge is 0.435 e. The van der Waals surface area contributed by atoms with Crippen molar-refractivity contribution in [2.45, 2.75) is 12.4 Å². The summed E-state index contributed by atoms with van der Waals surface area (Å²) in [6, 6.07) is 0. The Hall–Kier alpha value is -1.34. The standard InChI is InChI=1S/C6H2F6N2/c7-5(8,9)3-4(6(10,11)12)14-2-1-13-3/h1-2H. The number of hydrogen-bond donors (Lipinski definition) is 0. The summed E-state index contributed by atoms with van der Waals surface area (Å²) < 4.78 is 71.9. The van der Waals surface area contributed by atoms with Crippen LogP contribution in [-0.2, 0) is 12.4 Å². The third kappa shape index (κ3) is 2.12. The minimum atomic E-state index is -5.15. The molecule has 1 aromatic rings. The van der Waals surface area contributed by atoms with Gasteiger partial charge in [0.1, 0.15) is 0 Å². The maximum atomic E-state index is 12.0. The van der Waals surface area contributed by atoms with Gasteiger partial charge in [0.15, 0.2) is 11.4 Å². The van der Waals surface area contributed by atoms with E-state index in [1.807, 2.05) is 0 Å².